The van der Waals surface area contributed by atoms with E-state index in [1.54, 1.807) is 13.0 Å². The predicted octanol–water partition coefficient (Wildman–Crippen LogP) is 2.11. The van der Waals surface area contributed by atoms with Gasteiger partial charge in [-0.1, -0.05) is 6.07 Å². The van der Waals surface area contributed by atoms with E-state index in [-0.39, 0.29) is 17.9 Å². The minimum Gasteiger partial charge on any atom is -0.493 e. The van der Waals surface area contributed by atoms with Crippen LogP contribution in [0.2, 0.25) is 0 Å². The lowest BCUT2D eigenvalue weighted by molar-refractivity contribution is -0.158. The Labute approximate surface area is 196 Å². The Bertz CT molecular complexity index is 1100. The number of carbonyl (C=O) groups excluding carboxylic acids is 3. The number of hydrogen-bond acceptors (Lipinski definition) is 10. The molecule has 0 aliphatic carbocycles. The Kier molecular flexibility index (Phi) is 7.31. The number of rotatable bonds is 9. The molecular weight excluding hydrogens is 448 g/mol. The molecule has 2 aromatic carbocycles. The van der Waals surface area contributed by atoms with E-state index in [0.717, 1.165) is 0 Å². The van der Waals surface area contributed by atoms with E-state index in [2.05, 4.69) is 0 Å². The van der Waals surface area contributed by atoms with E-state index in [0.29, 0.717) is 22.8 Å². The molecule has 1 N–H and O–H groups in total. The molecule has 0 amide bonds. The summed E-state index contributed by atoms with van der Waals surface area (Å²) in [5.74, 6) is -3.72. The second-order valence-corrected chi connectivity index (χ2v) is 7.34. The lowest BCUT2D eigenvalue weighted by atomic mass is 9.78. The van der Waals surface area contributed by atoms with E-state index < -0.39 is 35.3 Å². The Morgan fingerprint density at radius 3 is 2.03 bits per heavy atom. The molecule has 34 heavy (non-hydrogen) atoms. The van der Waals surface area contributed by atoms with Crippen molar-refractivity contribution in [1.82, 2.24) is 0 Å². The molecule has 1 heterocycles. The van der Waals surface area contributed by atoms with Crippen molar-refractivity contribution >= 4 is 17.7 Å². The lowest BCUT2D eigenvalue weighted by Crippen LogP contribution is -2.52. The van der Waals surface area contributed by atoms with Gasteiger partial charge in [-0.05, 0) is 42.8 Å². The molecule has 0 saturated carbocycles. The van der Waals surface area contributed by atoms with Crippen LogP contribution in [0.25, 0.3) is 0 Å². The third-order valence-electron chi connectivity index (χ3n) is 5.57. The average Bonchev–Trinajstić information content (AvgIpc) is 3.13. The fraction of sp³-hybridized carbons (Fsp3) is 0.375. The molecule has 0 bridgehead atoms. The number of Topliss-reactive ketones (excluding diaryl/α,β-unsaturated/α-hetero) is 1. The number of ether oxygens (including phenoxy) is 6. The molecular formula is C24H26O10. The molecule has 3 rings (SSSR count). The first-order valence-electron chi connectivity index (χ1n) is 10.4. The van der Waals surface area contributed by atoms with Crippen LogP contribution in [0.1, 0.15) is 28.9 Å². The van der Waals surface area contributed by atoms with Gasteiger partial charge in [0.25, 0.3) is 0 Å². The molecule has 0 spiro atoms. The highest BCUT2D eigenvalue weighted by Crippen LogP contribution is 2.46. The highest BCUT2D eigenvalue weighted by Gasteiger charge is 2.65. The number of hydrogen-bond donors (Lipinski definition) is 1. The third kappa shape index (κ3) is 4.12. The van der Waals surface area contributed by atoms with Crippen LogP contribution >= 0.6 is 0 Å². The zero-order valence-corrected chi connectivity index (χ0v) is 19.4. The monoisotopic (exact) mass is 474 g/mol. The SMILES string of the molecule is CCOC(=O)[C@@H]1[C@H](c2ccc(OC)c(OC)c2)OC(=O)[C@]1(O)C(=O)c1ccc(OC)c(OC)c1. The maximum absolute atomic E-state index is 13.5. The summed E-state index contributed by atoms with van der Waals surface area (Å²) in [6, 6.07) is 8.69. The van der Waals surface area contributed by atoms with Gasteiger partial charge in [-0.25, -0.2) is 4.79 Å². The van der Waals surface area contributed by atoms with Gasteiger partial charge in [0.2, 0.25) is 11.4 Å². The van der Waals surface area contributed by atoms with E-state index in [1.165, 1.54) is 58.8 Å². The summed E-state index contributed by atoms with van der Waals surface area (Å²) in [6.07, 6.45) is -1.32. The molecule has 0 unspecified atom stereocenters. The number of methoxy groups -OCH3 is 4. The quantitative estimate of drug-likeness (QED) is 0.328. The molecule has 10 nitrogen and oxygen atoms in total. The number of ketones is 1. The standard InChI is InChI=1S/C24H26O10/c1-6-33-22(26)19-20(13-7-9-15(29-2)17(11-13)31-4)34-23(27)24(19,28)21(25)14-8-10-16(30-3)18(12-14)32-5/h7-12,19-20,28H,6H2,1-5H3/t19-,20-,24+/m0/s1. The van der Waals surface area contributed by atoms with Gasteiger partial charge in [-0.3, -0.25) is 9.59 Å². The molecule has 1 saturated heterocycles. The van der Waals surface area contributed by atoms with Crippen molar-refractivity contribution in [1.29, 1.82) is 0 Å². The number of esters is 2. The van der Waals surface area contributed by atoms with E-state index in [9.17, 15) is 19.5 Å². The van der Waals surface area contributed by atoms with Gasteiger partial charge in [0.05, 0.1) is 35.0 Å². The van der Waals surface area contributed by atoms with Crippen LogP contribution in [0.15, 0.2) is 36.4 Å². The molecule has 3 atom stereocenters. The van der Waals surface area contributed by atoms with E-state index >= 15 is 0 Å². The number of carbonyl (C=O) groups is 3. The van der Waals surface area contributed by atoms with Crippen LogP contribution in [-0.4, -0.2) is 63.5 Å². The first-order chi connectivity index (χ1) is 16.3. The van der Waals surface area contributed by atoms with Crippen molar-refractivity contribution in [2.24, 2.45) is 5.92 Å². The zero-order valence-electron chi connectivity index (χ0n) is 19.4. The summed E-state index contributed by atoms with van der Waals surface area (Å²) >= 11 is 0. The number of benzene rings is 2. The summed E-state index contributed by atoms with van der Waals surface area (Å²) < 4.78 is 31.4. The van der Waals surface area contributed by atoms with Gasteiger partial charge >= 0.3 is 11.9 Å². The van der Waals surface area contributed by atoms with Crippen LogP contribution in [0.5, 0.6) is 23.0 Å². The highest BCUT2D eigenvalue weighted by molar-refractivity contribution is 6.19. The summed E-state index contributed by atoms with van der Waals surface area (Å²) in [5.41, 5.74) is -2.62. The summed E-state index contributed by atoms with van der Waals surface area (Å²) in [5, 5.41) is 11.4. The molecule has 0 aromatic heterocycles. The Balaban J connectivity index is 2.11. The van der Waals surface area contributed by atoms with Crippen molar-refractivity contribution in [3.63, 3.8) is 0 Å². The normalized spacial score (nSPS) is 21.4. The highest BCUT2D eigenvalue weighted by atomic mass is 16.6. The summed E-state index contributed by atoms with van der Waals surface area (Å²) in [7, 11) is 5.67. The van der Waals surface area contributed by atoms with Crippen molar-refractivity contribution < 1.29 is 47.9 Å². The maximum Gasteiger partial charge on any atom is 0.348 e. The second kappa shape index (κ2) is 10.0. The van der Waals surface area contributed by atoms with Crippen LogP contribution in [0.4, 0.5) is 0 Å². The minimum atomic E-state index is -2.84. The first-order valence-corrected chi connectivity index (χ1v) is 10.4. The maximum atomic E-state index is 13.5. The van der Waals surface area contributed by atoms with Crippen molar-refractivity contribution in [3.8, 4) is 23.0 Å². The Morgan fingerprint density at radius 2 is 1.47 bits per heavy atom. The fourth-order valence-corrected chi connectivity index (χ4v) is 3.87. The Hall–Kier alpha value is -3.79. The van der Waals surface area contributed by atoms with Gasteiger partial charge in [-0.15, -0.1) is 0 Å². The molecule has 1 fully saturated rings. The van der Waals surface area contributed by atoms with Gasteiger partial charge in [-0.2, -0.15) is 0 Å². The van der Waals surface area contributed by atoms with Gasteiger partial charge in [0, 0.05) is 5.56 Å². The number of aliphatic hydroxyl groups is 1. The smallest absolute Gasteiger partial charge is 0.348 e. The van der Waals surface area contributed by atoms with Crippen molar-refractivity contribution in [2.75, 3.05) is 35.0 Å². The van der Waals surface area contributed by atoms with Gasteiger partial charge in [0.15, 0.2) is 23.0 Å². The molecule has 0 radical (unpaired) electrons. The largest absolute Gasteiger partial charge is 0.493 e. The topological polar surface area (TPSA) is 127 Å². The second-order valence-electron chi connectivity index (χ2n) is 7.34. The van der Waals surface area contributed by atoms with Gasteiger partial charge in [0.1, 0.15) is 12.0 Å². The minimum absolute atomic E-state index is 0.0389. The molecule has 2 aromatic rings. The lowest BCUT2D eigenvalue weighted by Gasteiger charge is -2.25. The van der Waals surface area contributed by atoms with Crippen molar-refractivity contribution in [3.05, 3.63) is 47.5 Å². The zero-order chi connectivity index (χ0) is 25.0. The van der Waals surface area contributed by atoms with E-state index in [4.69, 9.17) is 28.4 Å². The van der Waals surface area contributed by atoms with Crippen LogP contribution in [0.3, 0.4) is 0 Å². The Morgan fingerprint density at radius 1 is 0.912 bits per heavy atom. The number of cyclic esters (lactones) is 1. The molecule has 1 aliphatic heterocycles. The van der Waals surface area contributed by atoms with Crippen LogP contribution < -0.4 is 18.9 Å². The average molecular weight is 474 g/mol. The predicted molar refractivity (Wildman–Crippen MR) is 117 cm³/mol. The third-order valence-corrected chi connectivity index (χ3v) is 5.57. The van der Waals surface area contributed by atoms with Crippen LogP contribution in [-0.2, 0) is 19.1 Å². The summed E-state index contributed by atoms with van der Waals surface area (Å²) in [4.78, 5) is 39.4. The molecule has 182 valence electrons. The first kappa shape index (κ1) is 24.8. The molecule has 1 aliphatic rings. The fourth-order valence-electron chi connectivity index (χ4n) is 3.87. The summed E-state index contributed by atoms with van der Waals surface area (Å²) in [6.45, 7) is 1.53. The van der Waals surface area contributed by atoms with E-state index in [1.807, 2.05) is 0 Å². The van der Waals surface area contributed by atoms with Crippen LogP contribution in [0, 0.1) is 5.92 Å². The van der Waals surface area contributed by atoms with Crippen molar-refractivity contribution in [2.45, 2.75) is 18.6 Å². The molecule has 10 heteroatoms. The van der Waals surface area contributed by atoms with Gasteiger partial charge < -0.3 is 33.5 Å².